The van der Waals surface area contributed by atoms with E-state index < -0.39 is 0 Å². The van der Waals surface area contributed by atoms with Gasteiger partial charge in [-0.1, -0.05) is 51.3 Å². The quantitative estimate of drug-likeness (QED) is 0.801. The molecule has 0 saturated heterocycles. The van der Waals surface area contributed by atoms with E-state index >= 15 is 0 Å². The molecular weight excluding hydrogens is 258 g/mol. The zero-order valence-corrected chi connectivity index (χ0v) is 13.9. The molecule has 1 N–H and O–H groups in total. The molecule has 2 nitrogen and oxygen atoms in total. The predicted molar refractivity (Wildman–Crippen MR) is 89.9 cm³/mol. The number of rotatable bonds is 7. The second-order valence-corrected chi connectivity index (χ2v) is 6.38. The maximum Gasteiger partial charge on any atom is 0.122 e. The predicted octanol–water partition coefficient (Wildman–Crippen LogP) is 4.43. The Balaban J connectivity index is 2.07. The maximum absolute atomic E-state index is 5.53. The molecular formula is C19H31NO. The monoisotopic (exact) mass is 289 g/mol. The summed E-state index contributed by atoms with van der Waals surface area (Å²) in [6.07, 6.45) is 8.02. The Kier molecular flexibility index (Phi) is 6.56. The van der Waals surface area contributed by atoms with E-state index in [9.17, 15) is 0 Å². The summed E-state index contributed by atoms with van der Waals surface area (Å²) in [4.78, 5) is 0. The van der Waals surface area contributed by atoms with Crippen molar-refractivity contribution in [2.24, 2.45) is 11.8 Å². The molecule has 1 saturated carbocycles. The standard InChI is InChI=1S/C19H31NO/c1-4-15-9-8-11-16(13-15)18(20-5-2)14-17-10-6-7-12-19(17)21-3/h6-7,10,12,15-16,18,20H,4-5,8-9,11,13-14H2,1-3H3. The molecule has 0 aliphatic heterocycles. The van der Waals surface area contributed by atoms with Gasteiger partial charge >= 0.3 is 0 Å². The van der Waals surface area contributed by atoms with Crippen LogP contribution in [0.1, 0.15) is 51.5 Å². The summed E-state index contributed by atoms with van der Waals surface area (Å²) in [5.41, 5.74) is 1.34. The van der Waals surface area contributed by atoms with E-state index in [1.807, 2.05) is 0 Å². The first-order valence-electron chi connectivity index (χ1n) is 8.63. The van der Waals surface area contributed by atoms with Gasteiger partial charge in [-0.15, -0.1) is 0 Å². The Hall–Kier alpha value is -1.02. The van der Waals surface area contributed by atoms with Crippen LogP contribution < -0.4 is 10.1 Å². The van der Waals surface area contributed by atoms with E-state index in [-0.39, 0.29) is 0 Å². The van der Waals surface area contributed by atoms with Crippen LogP contribution in [-0.4, -0.2) is 19.7 Å². The Morgan fingerprint density at radius 1 is 1.24 bits per heavy atom. The molecule has 1 fully saturated rings. The molecule has 1 aromatic rings. The molecule has 1 aliphatic carbocycles. The van der Waals surface area contributed by atoms with Gasteiger partial charge in [0.05, 0.1) is 7.11 Å². The number of methoxy groups -OCH3 is 1. The number of hydrogen-bond acceptors (Lipinski definition) is 2. The number of nitrogens with one attached hydrogen (secondary N) is 1. The van der Waals surface area contributed by atoms with Crippen molar-refractivity contribution in [1.82, 2.24) is 5.32 Å². The minimum Gasteiger partial charge on any atom is -0.496 e. The van der Waals surface area contributed by atoms with E-state index in [1.165, 1.54) is 37.7 Å². The molecule has 3 atom stereocenters. The summed E-state index contributed by atoms with van der Waals surface area (Å²) in [5.74, 6) is 2.78. The Morgan fingerprint density at radius 2 is 2.05 bits per heavy atom. The van der Waals surface area contributed by atoms with Crippen molar-refractivity contribution in [1.29, 1.82) is 0 Å². The second-order valence-electron chi connectivity index (χ2n) is 6.38. The van der Waals surface area contributed by atoms with Crippen molar-refractivity contribution in [2.75, 3.05) is 13.7 Å². The van der Waals surface area contributed by atoms with Crippen LogP contribution in [0.15, 0.2) is 24.3 Å². The molecule has 2 heteroatoms. The fraction of sp³-hybridized carbons (Fsp3) is 0.684. The summed E-state index contributed by atoms with van der Waals surface area (Å²) in [5, 5.41) is 3.74. The highest BCUT2D eigenvalue weighted by atomic mass is 16.5. The van der Waals surface area contributed by atoms with Gasteiger partial charge in [-0.05, 0) is 49.3 Å². The van der Waals surface area contributed by atoms with Gasteiger partial charge in [0.15, 0.2) is 0 Å². The van der Waals surface area contributed by atoms with Crippen LogP contribution in [0.25, 0.3) is 0 Å². The molecule has 0 aromatic heterocycles. The molecule has 1 aliphatic rings. The maximum atomic E-state index is 5.53. The fourth-order valence-electron chi connectivity index (χ4n) is 3.85. The van der Waals surface area contributed by atoms with E-state index in [0.29, 0.717) is 6.04 Å². The number of benzene rings is 1. The molecule has 3 unspecified atom stereocenters. The molecule has 118 valence electrons. The highest BCUT2D eigenvalue weighted by Crippen LogP contribution is 2.34. The van der Waals surface area contributed by atoms with Crippen molar-refractivity contribution >= 4 is 0 Å². The molecule has 0 amide bonds. The van der Waals surface area contributed by atoms with Gasteiger partial charge in [0.2, 0.25) is 0 Å². The van der Waals surface area contributed by atoms with Crippen LogP contribution in [0.4, 0.5) is 0 Å². The molecule has 0 radical (unpaired) electrons. The van der Waals surface area contributed by atoms with Gasteiger partial charge in [-0.25, -0.2) is 0 Å². The molecule has 0 spiro atoms. The smallest absolute Gasteiger partial charge is 0.122 e. The van der Waals surface area contributed by atoms with Crippen LogP contribution in [0.3, 0.4) is 0 Å². The Bertz CT molecular complexity index is 418. The van der Waals surface area contributed by atoms with Crippen LogP contribution in [0.2, 0.25) is 0 Å². The number of hydrogen-bond donors (Lipinski definition) is 1. The van der Waals surface area contributed by atoms with E-state index in [4.69, 9.17) is 4.74 Å². The first-order valence-corrected chi connectivity index (χ1v) is 8.63. The lowest BCUT2D eigenvalue weighted by Crippen LogP contribution is -2.40. The zero-order chi connectivity index (χ0) is 15.1. The van der Waals surface area contributed by atoms with Gasteiger partial charge in [0.1, 0.15) is 5.75 Å². The normalized spacial score (nSPS) is 23.8. The average Bonchev–Trinajstić information content (AvgIpc) is 2.55. The zero-order valence-electron chi connectivity index (χ0n) is 13.9. The lowest BCUT2D eigenvalue weighted by Gasteiger charge is -2.35. The van der Waals surface area contributed by atoms with Crippen molar-refractivity contribution < 1.29 is 4.74 Å². The number of likely N-dealkylation sites (N-methyl/N-ethyl adjacent to an activating group) is 1. The van der Waals surface area contributed by atoms with Crippen LogP contribution in [0, 0.1) is 11.8 Å². The van der Waals surface area contributed by atoms with Gasteiger partial charge < -0.3 is 10.1 Å². The second kappa shape index (κ2) is 8.43. The summed E-state index contributed by atoms with van der Waals surface area (Å²) in [6.45, 7) is 5.61. The summed E-state index contributed by atoms with van der Waals surface area (Å²) in [6, 6.07) is 9.05. The number of para-hydroxylation sites is 1. The van der Waals surface area contributed by atoms with Gasteiger partial charge in [0.25, 0.3) is 0 Å². The third kappa shape index (κ3) is 4.47. The van der Waals surface area contributed by atoms with Crippen molar-refractivity contribution in [2.45, 2.75) is 58.4 Å². The number of ether oxygens (including phenoxy) is 1. The summed E-state index contributed by atoms with van der Waals surface area (Å²) in [7, 11) is 1.77. The Morgan fingerprint density at radius 3 is 2.76 bits per heavy atom. The van der Waals surface area contributed by atoms with E-state index in [2.05, 4.69) is 43.4 Å². The third-order valence-electron chi connectivity index (χ3n) is 5.07. The van der Waals surface area contributed by atoms with Crippen molar-refractivity contribution in [3.63, 3.8) is 0 Å². The van der Waals surface area contributed by atoms with Gasteiger partial charge in [0, 0.05) is 6.04 Å². The minimum absolute atomic E-state index is 0.584. The summed E-state index contributed by atoms with van der Waals surface area (Å²) < 4.78 is 5.53. The first-order chi connectivity index (χ1) is 10.3. The van der Waals surface area contributed by atoms with Crippen LogP contribution >= 0.6 is 0 Å². The van der Waals surface area contributed by atoms with Crippen LogP contribution in [-0.2, 0) is 6.42 Å². The fourth-order valence-corrected chi connectivity index (χ4v) is 3.85. The Labute approximate surface area is 130 Å². The van der Waals surface area contributed by atoms with Crippen molar-refractivity contribution in [3.05, 3.63) is 29.8 Å². The topological polar surface area (TPSA) is 21.3 Å². The SMILES string of the molecule is CCNC(Cc1ccccc1OC)C1CCCC(CC)C1. The lowest BCUT2D eigenvalue weighted by atomic mass is 9.75. The van der Waals surface area contributed by atoms with Gasteiger partial charge in [-0.2, -0.15) is 0 Å². The van der Waals surface area contributed by atoms with E-state index in [0.717, 1.165) is 30.6 Å². The van der Waals surface area contributed by atoms with Gasteiger partial charge in [-0.3, -0.25) is 0 Å². The largest absolute Gasteiger partial charge is 0.496 e. The highest BCUT2D eigenvalue weighted by molar-refractivity contribution is 5.34. The minimum atomic E-state index is 0.584. The van der Waals surface area contributed by atoms with E-state index in [1.54, 1.807) is 7.11 Å². The third-order valence-corrected chi connectivity index (χ3v) is 5.07. The molecule has 0 heterocycles. The average molecular weight is 289 g/mol. The van der Waals surface area contributed by atoms with Crippen LogP contribution in [0.5, 0.6) is 5.75 Å². The molecule has 21 heavy (non-hydrogen) atoms. The molecule has 2 rings (SSSR count). The summed E-state index contributed by atoms with van der Waals surface area (Å²) >= 11 is 0. The lowest BCUT2D eigenvalue weighted by molar-refractivity contribution is 0.208. The molecule has 1 aromatic carbocycles. The first kappa shape index (κ1) is 16.4. The molecule has 0 bridgehead atoms. The highest BCUT2D eigenvalue weighted by Gasteiger charge is 2.27. The van der Waals surface area contributed by atoms with Crippen molar-refractivity contribution in [3.8, 4) is 5.75 Å².